The van der Waals surface area contributed by atoms with Crippen LogP contribution in [0.15, 0.2) is 16.8 Å². The van der Waals surface area contributed by atoms with Crippen LogP contribution in [-0.4, -0.2) is 12.4 Å². The van der Waals surface area contributed by atoms with E-state index in [1.54, 1.807) is 11.3 Å². The minimum Gasteiger partial charge on any atom is -0.347 e. The highest BCUT2D eigenvalue weighted by Gasteiger charge is 2.43. The van der Waals surface area contributed by atoms with Gasteiger partial charge in [-0.05, 0) is 43.2 Å². The molecule has 1 fully saturated rings. The van der Waals surface area contributed by atoms with Gasteiger partial charge in [0.15, 0.2) is 5.79 Å². The molecule has 0 spiro atoms. The van der Waals surface area contributed by atoms with Crippen LogP contribution in [0.3, 0.4) is 0 Å². The lowest BCUT2D eigenvalue weighted by atomic mass is 10.0. The van der Waals surface area contributed by atoms with E-state index in [1.165, 1.54) is 5.56 Å². The highest BCUT2D eigenvalue weighted by molar-refractivity contribution is 7.08. The Bertz CT molecular complexity index is 292. The summed E-state index contributed by atoms with van der Waals surface area (Å²) in [5.41, 5.74) is 0.951. The van der Waals surface area contributed by atoms with Crippen LogP contribution in [-0.2, 0) is 15.1 Å². The Morgan fingerprint density at radius 1 is 1.38 bits per heavy atom. The van der Waals surface area contributed by atoms with Gasteiger partial charge in [-0.25, -0.2) is 0 Å². The summed E-state index contributed by atoms with van der Waals surface area (Å²) in [5, 5.41) is 4.18. The van der Waals surface area contributed by atoms with E-state index in [1.807, 2.05) is 13.8 Å². The van der Waals surface area contributed by atoms with Gasteiger partial charge >= 0.3 is 0 Å². The van der Waals surface area contributed by atoms with Gasteiger partial charge in [-0.1, -0.05) is 0 Å². The van der Waals surface area contributed by atoms with E-state index in [2.05, 4.69) is 23.8 Å². The number of rotatable bonds is 1. The first-order valence-electron chi connectivity index (χ1n) is 4.39. The fraction of sp³-hybridized carbons (Fsp3) is 0.600. The fourth-order valence-electron chi connectivity index (χ4n) is 1.62. The molecule has 2 heterocycles. The van der Waals surface area contributed by atoms with Crippen LogP contribution in [0.25, 0.3) is 0 Å². The summed E-state index contributed by atoms with van der Waals surface area (Å²) in [5.74, 6) is -0.448. The van der Waals surface area contributed by atoms with E-state index in [0.717, 1.165) is 0 Å². The molecule has 0 aromatic carbocycles. The number of ether oxygens (including phenoxy) is 2. The molecule has 0 radical (unpaired) electrons. The second-order valence-corrected chi connectivity index (χ2v) is 4.81. The first-order chi connectivity index (χ1) is 6.02. The molecule has 0 bridgehead atoms. The summed E-state index contributed by atoms with van der Waals surface area (Å²) in [6.07, 6.45) is 0. The van der Waals surface area contributed by atoms with Gasteiger partial charge in [0.25, 0.3) is 0 Å². The van der Waals surface area contributed by atoms with Crippen LogP contribution in [0.1, 0.15) is 26.3 Å². The summed E-state index contributed by atoms with van der Waals surface area (Å²) in [6.45, 7) is 6.61. The lowest BCUT2D eigenvalue weighted by Gasteiger charge is -2.24. The van der Waals surface area contributed by atoms with E-state index < -0.39 is 5.79 Å². The molecule has 1 aliphatic heterocycles. The summed E-state index contributed by atoms with van der Waals surface area (Å²) >= 11 is 1.69. The van der Waals surface area contributed by atoms with Crippen molar-refractivity contribution >= 4 is 11.3 Å². The second kappa shape index (κ2) is 2.80. The minimum atomic E-state index is -0.448. The molecule has 0 saturated carbocycles. The zero-order valence-electron chi connectivity index (χ0n) is 8.16. The monoisotopic (exact) mass is 198 g/mol. The molecule has 1 aromatic rings. The zero-order chi connectivity index (χ0) is 9.53. The molecule has 13 heavy (non-hydrogen) atoms. The van der Waals surface area contributed by atoms with Crippen molar-refractivity contribution in [3.8, 4) is 0 Å². The van der Waals surface area contributed by atoms with E-state index in [4.69, 9.17) is 9.47 Å². The number of hydrogen-bond donors (Lipinski definition) is 0. The maximum absolute atomic E-state index is 5.87. The van der Waals surface area contributed by atoms with Crippen molar-refractivity contribution in [1.29, 1.82) is 0 Å². The first kappa shape index (κ1) is 9.19. The van der Waals surface area contributed by atoms with Gasteiger partial charge in [0.05, 0.1) is 6.61 Å². The predicted molar refractivity (Wildman–Crippen MR) is 52.8 cm³/mol. The van der Waals surface area contributed by atoms with Crippen molar-refractivity contribution in [3.63, 3.8) is 0 Å². The van der Waals surface area contributed by atoms with E-state index in [0.29, 0.717) is 6.61 Å². The molecule has 1 saturated heterocycles. The molecular weight excluding hydrogens is 184 g/mol. The van der Waals surface area contributed by atoms with Gasteiger partial charge in [-0.2, -0.15) is 11.3 Å². The Labute approximate surface area is 82.5 Å². The van der Waals surface area contributed by atoms with E-state index in [9.17, 15) is 0 Å². The Kier molecular flexibility index (Phi) is 1.98. The van der Waals surface area contributed by atoms with Gasteiger partial charge < -0.3 is 9.47 Å². The summed E-state index contributed by atoms with van der Waals surface area (Å²) in [7, 11) is 0. The molecular formula is C10H14O2S. The SMILES string of the molecule is CC1(C)OCC(C)(c2ccsc2)O1. The maximum atomic E-state index is 5.87. The molecule has 0 N–H and O–H groups in total. The van der Waals surface area contributed by atoms with Crippen molar-refractivity contribution in [1.82, 2.24) is 0 Å². The third kappa shape index (κ3) is 1.64. The Balaban J connectivity index is 2.25. The third-order valence-electron chi connectivity index (χ3n) is 2.30. The fourth-order valence-corrected chi connectivity index (χ4v) is 2.40. The van der Waals surface area contributed by atoms with Crippen molar-refractivity contribution in [2.45, 2.75) is 32.2 Å². The summed E-state index contributed by atoms with van der Waals surface area (Å²) in [4.78, 5) is 0. The molecule has 1 aliphatic rings. The summed E-state index contributed by atoms with van der Waals surface area (Å²) in [6, 6.07) is 2.09. The lowest BCUT2D eigenvalue weighted by Crippen LogP contribution is -2.27. The predicted octanol–water partition coefficient (Wildman–Crippen LogP) is 2.75. The van der Waals surface area contributed by atoms with Gasteiger partial charge in [0, 0.05) is 0 Å². The standard InChI is InChI=1S/C10H14O2S/c1-9(2)11-7-10(3,12-9)8-4-5-13-6-8/h4-6H,7H2,1-3H3. The Hall–Kier alpha value is -0.380. The zero-order valence-corrected chi connectivity index (χ0v) is 8.98. The molecule has 72 valence electrons. The average Bonchev–Trinajstić information content (AvgIpc) is 2.58. The van der Waals surface area contributed by atoms with Gasteiger partial charge in [0.2, 0.25) is 0 Å². The molecule has 0 amide bonds. The van der Waals surface area contributed by atoms with Crippen molar-refractivity contribution in [2.24, 2.45) is 0 Å². The molecule has 3 heteroatoms. The number of thiophene rings is 1. The van der Waals surface area contributed by atoms with Crippen LogP contribution in [0.2, 0.25) is 0 Å². The topological polar surface area (TPSA) is 18.5 Å². The van der Waals surface area contributed by atoms with Crippen LogP contribution < -0.4 is 0 Å². The van der Waals surface area contributed by atoms with Gasteiger partial charge in [0.1, 0.15) is 5.60 Å². The van der Waals surface area contributed by atoms with Crippen LogP contribution >= 0.6 is 11.3 Å². The van der Waals surface area contributed by atoms with E-state index in [-0.39, 0.29) is 5.60 Å². The average molecular weight is 198 g/mol. The van der Waals surface area contributed by atoms with Crippen LogP contribution in [0.5, 0.6) is 0 Å². The second-order valence-electron chi connectivity index (χ2n) is 4.03. The maximum Gasteiger partial charge on any atom is 0.164 e. The van der Waals surface area contributed by atoms with Crippen molar-refractivity contribution < 1.29 is 9.47 Å². The largest absolute Gasteiger partial charge is 0.347 e. The molecule has 1 unspecified atom stereocenters. The third-order valence-corrected chi connectivity index (χ3v) is 2.98. The summed E-state index contributed by atoms with van der Waals surface area (Å²) < 4.78 is 11.4. The highest BCUT2D eigenvalue weighted by Crippen LogP contribution is 2.38. The van der Waals surface area contributed by atoms with E-state index >= 15 is 0 Å². The van der Waals surface area contributed by atoms with Crippen LogP contribution in [0, 0.1) is 0 Å². The first-order valence-corrected chi connectivity index (χ1v) is 5.33. The molecule has 2 nitrogen and oxygen atoms in total. The normalized spacial score (nSPS) is 32.2. The van der Waals surface area contributed by atoms with Crippen molar-refractivity contribution in [2.75, 3.05) is 6.61 Å². The quantitative estimate of drug-likeness (QED) is 0.690. The van der Waals surface area contributed by atoms with Crippen LogP contribution in [0.4, 0.5) is 0 Å². The molecule has 2 rings (SSSR count). The highest BCUT2D eigenvalue weighted by atomic mass is 32.1. The molecule has 0 aliphatic carbocycles. The minimum absolute atomic E-state index is 0.260. The van der Waals surface area contributed by atoms with Gasteiger partial charge in [-0.3, -0.25) is 0 Å². The molecule has 1 aromatic heterocycles. The van der Waals surface area contributed by atoms with Crippen molar-refractivity contribution in [3.05, 3.63) is 22.4 Å². The number of hydrogen-bond acceptors (Lipinski definition) is 3. The lowest BCUT2D eigenvalue weighted by molar-refractivity contribution is -0.159. The van der Waals surface area contributed by atoms with Gasteiger partial charge in [-0.15, -0.1) is 0 Å². The molecule has 1 atom stereocenters. The Morgan fingerprint density at radius 2 is 2.15 bits per heavy atom. The smallest absolute Gasteiger partial charge is 0.164 e. The Morgan fingerprint density at radius 3 is 2.62 bits per heavy atom.